The molecule has 0 aliphatic carbocycles. The SMILES string of the molecule is CCNS(=O)(=O)NC(=O)c1nc(CN(CCCc2ccccc2)C(=O)c2cc(OC)c(C(F)F)c(OC)c2)sc1C. The predicted octanol–water partition coefficient (Wildman–Crippen LogP) is 4.27. The summed E-state index contributed by atoms with van der Waals surface area (Å²) in [5.74, 6) is -1.75. The molecule has 0 fully saturated rings. The van der Waals surface area contributed by atoms with Crippen molar-refractivity contribution in [2.24, 2.45) is 0 Å². The van der Waals surface area contributed by atoms with E-state index in [0.29, 0.717) is 22.7 Å². The number of aromatic nitrogens is 1. The van der Waals surface area contributed by atoms with Crippen LogP contribution in [0.3, 0.4) is 0 Å². The Labute approximate surface area is 241 Å². The lowest BCUT2D eigenvalue weighted by molar-refractivity contribution is 0.0739. The molecule has 0 atom stereocenters. The summed E-state index contributed by atoms with van der Waals surface area (Å²) in [6.07, 6.45) is -1.63. The van der Waals surface area contributed by atoms with Crippen molar-refractivity contribution in [2.75, 3.05) is 27.3 Å². The third-order valence-electron chi connectivity index (χ3n) is 5.98. The molecular weight excluding hydrogens is 578 g/mol. The molecule has 10 nitrogen and oxygen atoms in total. The topological polar surface area (TPSA) is 127 Å². The van der Waals surface area contributed by atoms with Crippen LogP contribution in [0, 0.1) is 6.92 Å². The molecule has 0 radical (unpaired) electrons. The van der Waals surface area contributed by atoms with Gasteiger partial charge in [-0.2, -0.15) is 13.1 Å². The Balaban J connectivity index is 1.91. The number of nitrogens with zero attached hydrogens (tertiary/aromatic N) is 2. The zero-order valence-electron chi connectivity index (χ0n) is 23.1. The Kier molecular flexibility index (Phi) is 11.1. The molecule has 1 heterocycles. The number of carbonyl (C=O) groups excluding carboxylic acids is 2. The number of alkyl halides is 2. The van der Waals surface area contributed by atoms with Gasteiger partial charge >= 0.3 is 10.2 Å². The first-order chi connectivity index (χ1) is 19.5. The minimum absolute atomic E-state index is 0.00635. The lowest BCUT2D eigenvalue weighted by Crippen LogP contribution is -2.40. The van der Waals surface area contributed by atoms with Crippen LogP contribution < -0.4 is 18.9 Å². The van der Waals surface area contributed by atoms with E-state index in [4.69, 9.17) is 9.47 Å². The minimum Gasteiger partial charge on any atom is -0.496 e. The van der Waals surface area contributed by atoms with Crippen molar-refractivity contribution in [2.45, 2.75) is 39.7 Å². The smallest absolute Gasteiger partial charge is 0.301 e. The second-order valence-electron chi connectivity index (χ2n) is 8.86. The first-order valence-corrected chi connectivity index (χ1v) is 14.9. The van der Waals surface area contributed by atoms with E-state index < -0.39 is 34.0 Å². The summed E-state index contributed by atoms with van der Waals surface area (Å²) in [5, 5.41) is 0.393. The number of rotatable bonds is 14. The number of hydrogen-bond acceptors (Lipinski definition) is 8. The molecule has 0 spiro atoms. The van der Waals surface area contributed by atoms with Crippen LogP contribution in [0.15, 0.2) is 42.5 Å². The van der Waals surface area contributed by atoms with Crippen molar-refractivity contribution in [3.05, 3.63) is 74.7 Å². The summed E-state index contributed by atoms with van der Waals surface area (Å²) in [6, 6.07) is 12.2. The molecule has 1 aromatic heterocycles. The van der Waals surface area contributed by atoms with Crippen LogP contribution >= 0.6 is 11.3 Å². The second kappa shape index (κ2) is 14.3. The fourth-order valence-corrected chi connectivity index (χ4v) is 5.86. The molecule has 14 heteroatoms. The van der Waals surface area contributed by atoms with Crippen molar-refractivity contribution in [1.29, 1.82) is 0 Å². The molecule has 0 aliphatic heterocycles. The number of thiazole rings is 1. The molecule has 222 valence electrons. The normalized spacial score (nSPS) is 11.4. The van der Waals surface area contributed by atoms with Gasteiger partial charge in [0, 0.05) is 23.5 Å². The summed E-state index contributed by atoms with van der Waals surface area (Å²) in [6.45, 7) is 3.57. The molecule has 2 N–H and O–H groups in total. The van der Waals surface area contributed by atoms with Crippen molar-refractivity contribution in [1.82, 2.24) is 19.3 Å². The van der Waals surface area contributed by atoms with Gasteiger partial charge in [0.05, 0.1) is 20.8 Å². The molecule has 0 aliphatic rings. The highest BCUT2D eigenvalue weighted by molar-refractivity contribution is 7.88. The summed E-state index contributed by atoms with van der Waals surface area (Å²) in [7, 11) is -1.59. The van der Waals surface area contributed by atoms with Crippen LogP contribution in [0.4, 0.5) is 8.78 Å². The van der Waals surface area contributed by atoms with Crippen LogP contribution in [0.25, 0.3) is 0 Å². The highest BCUT2D eigenvalue weighted by atomic mass is 32.2. The number of nitrogens with one attached hydrogen (secondary N) is 2. The van der Waals surface area contributed by atoms with Crippen molar-refractivity contribution in [3.8, 4) is 11.5 Å². The van der Waals surface area contributed by atoms with E-state index in [1.54, 1.807) is 13.8 Å². The van der Waals surface area contributed by atoms with E-state index in [0.717, 1.165) is 16.9 Å². The average molecular weight is 611 g/mol. The Morgan fingerprint density at radius 3 is 2.29 bits per heavy atom. The standard InChI is InChI=1S/C27H32F2N4O6S2/c1-5-30-41(36,37)32-26(34)24-17(2)40-22(31-24)16-33(13-9-12-18-10-7-6-8-11-18)27(35)19-14-20(38-3)23(25(28)29)21(15-19)39-4/h6-8,10-11,14-15,25,30H,5,9,12-13,16H2,1-4H3,(H,32,34). The molecule has 3 aromatic rings. The van der Waals surface area contributed by atoms with Gasteiger partial charge in [-0.25, -0.2) is 18.5 Å². The first kappa shape index (κ1) is 31.9. The van der Waals surface area contributed by atoms with Gasteiger partial charge in [0.15, 0.2) is 0 Å². The number of halogens is 2. The van der Waals surface area contributed by atoms with Gasteiger partial charge in [0.1, 0.15) is 27.8 Å². The monoisotopic (exact) mass is 610 g/mol. The third kappa shape index (κ3) is 8.44. The summed E-state index contributed by atoms with van der Waals surface area (Å²) in [5.41, 5.74) is 0.620. The van der Waals surface area contributed by atoms with Crippen LogP contribution in [0.5, 0.6) is 11.5 Å². The van der Waals surface area contributed by atoms with Gasteiger partial charge in [-0.1, -0.05) is 37.3 Å². The molecular formula is C27H32F2N4O6S2. The number of aryl methyl sites for hydroxylation is 2. The summed E-state index contributed by atoms with van der Waals surface area (Å²) >= 11 is 1.14. The highest BCUT2D eigenvalue weighted by Crippen LogP contribution is 2.38. The summed E-state index contributed by atoms with van der Waals surface area (Å²) in [4.78, 5) is 32.6. The zero-order chi connectivity index (χ0) is 30.2. The quantitative estimate of drug-likeness (QED) is 0.279. The van der Waals surface area contributed by atoms with Gasteiger partial charge in [-0.3, -0.25) is 9.59 Å². The summed E-state index contributed by atoms with van der Waals surface area (Å²) < 4.78 is 65.7. The molecule has 2 aromatic carbocycles. The molecule has 3 rings (SSSR count). The molecule has 41 heavy (non-hydrogen) atoms. The molecule has 0 bridgehead atoms. The fraction of sp³-hybridized carbons (Fsp3) is 0.370. The molecule has 0 unspecified atom stereocenters. The van der Waals surface area contributed by atoms with E-state index in [-0.39, 0.29) is 42.4 Å². The Hall–Kier alpha value is -3.62. The maximum Gasteiger partial charge on any atom is 0.301 e. The van der Waals surface area contributed by atoms with Crippen molar-refractivity contribution < 1.29 is 36.3 Å². The maximum absolute atomic E-state index is 13.7. The molecule has 0 saturated carbocycles. The van der Waals surface area contributed by atoms with Crippen LogP contribution in [-0.2, 0) is 23.2 Å². The van der Waals surface area contributed by atoms with Gasteiger partial charge in [-0.15, -0.1) is 11.3 Å². The zero-order valence-corrected chi connectivity index (χ0v) is 24.7. The lowest BCUT2D eigenvalue weighted by Gasteiger charge is -2.23. The van der Waals surface area contributed by atoms with Gasteiger partial charge in [-0.05, 0) is 37.5 Å². The van der Waals surface area contributed by atoms with Crippen LogP contribution in [-0.4, -0.2) is 57.4 Å². The Bertz CT molecular complexity index is 1440. The van der Waals surface area contributed by atoms with Gasteiger partial charge < -0.3 is 14.4 Å². The largest absolute Gasteiger partial charge is 0.496 e. The molecule has 0 saturated heterocycles. The number of methoxy groups -OCH3 is 2. The van der Waals surface area contributed by atoms with Crippen molar-refractivity contribution in [3.63, 3.8) is 0 Å². The predicted molar refractivity (Wildman–Crippen MR) is 151 cm³/mol. The Morgan fingerprint density at radius 2 is 1.73 bits per heavy atom. The van der Waals surface area contributed by atoms with E-state index in [9.17, 15) is 26.8 Å². The van der Waals surface area contributed by atoms with E-state index >= 15 is 0 Å². The van der Waals surface area contributed by atoms with Gasteiger partial charge in [0.2, 0.25) is 0 Å². The third-order valence-corrected chi connectivity index (χ3v) is 8.05. The number of hydrogen-bond donors (Lipinski definition) is 2. The van der Waals surface area contributed by atoms with Crippen LogP contribution in [0.1, 0.15) is 61.6 Å². The minimum atomic E-state index is -4.05. The second-order valence-corrected chi connectivity index (χ2v) is 11.6. The number of ether oxygens (including phenoxy) is 2. The van der Waals surface area contributed by atoms with E-state index in [2.05, 4.69) is 9.71 Å². The fourth-order valence-electron chi connectivity index (χ4n) is 4.12. The number of amides is 2. The first-order valence-electron chi connectivity index (χ1n) is 12.6. The molecule has 2 amide bonds. The average Bonchev–Trinajstić information content (AvgIpc) is 3.31. The van der Waals surface area contributed by atoms with Crippen molar-refractivity contribution >= 4 is 33.4 Å². The number of benzene rings is 2. The van der Waals surface area contributed by atoms with E-state index in [1.165, 1.54) is 31.3 Å². The lowest BCUT2D eigenvalue weighted by atomic mass is 10.1. The van der Waals surface area contributed by atoms with Crippen LogP contribution in [0.2, 0.25) is 0 Å². The number of carbonyl (C=O) groups is 2. The van der Waals surface area contributed by atoms with E-state index in [1.807, 2.05) is 35.1 Å². The highest BCUT2D eigenvalue weighted by Gasteiger charge is 2.27. The Morgan fingerprint density at radius 1 is 1.10 bits per heavy atom. The maximum atomic E-state index is 13.7. The van der Waals surface area contributed by atoms with Gasteiger partial charge in [0.25, 0.3) is 18.2 Å².